The van der Waals surface area contributed by atoms with Gasteiger partial charge in [-0.3, -0.25) is 10.1 Å². The second kappa shape index (κ2) is 4.48. The second-order valence-electron chi connectivity index (χ2n) is 3.02. The molecule has 0 bridgehead atoms. The Morgan fingerprint density at radius 2 is 2.06 bits per heavy atom. The van der Waals surface area contributed by atoms with Gasteiger partial charge in [0.1, 0.15) is 11.3 Å². The zero-order chi connectivity index (χ0) is 13.2. The SMILES string of the molecule is CCOc1cc(O)c(C(F)(F)F)cc1[N+](=O)[O-]. The van der Waals surface area contributed by atoms with Gasteiger partial charge in [0.2, 0.25) is 5.75 Å². The van der Waals surface area contributed by atoms with Crippen LogP contribution in [0.15, 0.2) is 12.1 Å². The molecule has 0 fully saturated rings. The van der Waals surface area contributed by atoms with Crippen molar-refractivity contribution in [2.24, 2.45) is 0 Å². The first-order valence-corrected chi connectivity index (χ1v) is 4.48. The number of hydrogen-bond donors (Lipinski definition) is 1. The molecule has 17 heavy (non-hydrogen) atoms. The van der Waals surface area contributed by atoms with Crippen molar-refractivity contribution >= 4 is 5.69 Å². The number of nitro groups is 1. The van der Waals surface area contributed by atoms with Crippen LogP contribution in [0, 0.1) is 10.1 Å². The van der Waals surface area contributed by atoms with Crippen molar-refractivity contribution in [3.8, 4) is 11.5 Å². The second-order valence-corrected chi connectivity index (χ2v) is 3.02. The highest BCUT2D eigenvalue weighted by Gasteiger charge is 2.37. The molecule has 0 saturated heterocycles. The van der Waals surface area contributed by atoms with E-state index in [4.69, 9.17) is 9.84 Å². The van der Waals surface area contributed by atoms with Crippen LogP contribution < -0.4 is 4.74 Å². The molecule has 0 aliphatic rings. The van der Waals surface area contributed by atoms with E-state index in [9.17, 15) is 23.3 Å². The Balaban J connectivity index is 3.40. The minimum Gasteiger partial charge on any atom is -0.507 e. The Bertz CT molecular complexity index is 445. The molecule has 0 radical (unpaired) electrons. The van der Waals surface area contributed by atoms with E-state index in [-0.39, 0.29) is 12.7 Å². The number of halogens is 3. The molecule has 0 unspecified atom stereocenters. The summed E-state index contributed by atoms with van der Waals surface area (Å²) in [4.78, 5) is 9.56. The molecule has 94 valence electrons. The quantitative estimate of drug-likeness (QED) is 0.662. The number of phenolic OH excluding ortho intramolecular Hbond substituents is 1. The largest absolute Gasteiger partial charge is 0.507 e. The lowest BCUT2D eigenvalue weighted by Crippen LogP contribution is -2.07. The standard InChI is InChI=1S/C9H8F3NO4/c1-2-17-8-4-7(14)5(9(10,11)12)3-6(8)13(15)16/h3-4,14H,2H2,1H3. The molecular formula is C9H8F3NO4. The number of nitrogens with zero attached hydrogens (tertiary/aromatic N) is 1. The van der Waals surface area contributed by atoms with Gasteiger partial charge in [0.15, 0.2) is 0 Å². The van der Waals surface area contributed by atoms with Crippen molar-refractivity contribution in [2.75, 3.05) is 6.61 Å². The van der Waals surface area contributed by atoms with Crippen LogP contribution in [0.25, 0.3) is 0 Å². The average Bonchev–Trinajstić information content (AvgIpc) is 2.15. The smallest absolute Gasteiger partial charge is 0.420 e. The van der Waals surface area contributed by atoms with Crippen molar-refractivity contribution in [3.63, 3.8) is 0 Å². The van der Waals surface area contributed by atoms with E-state index in [1.807, 2.05) is 0 Å². The van der Waals surface area contributed by atoms with Crippen LogP contribution in [0.1, 0.15) is 12.5 Å². The number of phenols is 1. The summed E-state index contributed by atoms with van der Waals surface area (Å²) in [5.41, 5.74) is -2.30. The first-order valence-electron chi connectivity index (χ1n) is 4.48. The summed E-state index contributed by atoms with van der Waals surface area (Å²) < 4.78 is 41.9. The average molecular weight is 251 g/mol. The number of hydrogen-bond acceptors (Lipinski definition) is 4. The fraction of sp³-hybridized carbons (Fsp3) is 0.333. The number of benzene rings is 1. The Morgan fingerprint density at radius 3 is 2.47 bits per heavy atom. The van der Waals surface area contributed by atoms with E-state index in [0.717, 1.165) is 0 Å². The first-order chi connectivity index (χ1) is 7.77. The van der Waals surface area contributed by atoms with Gasteiger partial charge in [-0.1, -0.05) is 0 Å². The van der Waals surface area contributed by atoms with E-state index in [1.165, 1.54) is 6.92 Å². The molecule has 0 saturated carbocycles. The van der Waals surface area contributed by atoms with Crippen LogP contribution in [0.4, 0.5) is 18.9 Å². The fourth-order valence-electron chi connectivity index (χ4n) is 1.20. The van der Waals surface area contributed by atoms with E-state index in [1.54, 1.807) is 0 Å². The Hall–Kier alpha value is -1.99. The van der Waals surface area contributed by atoms with Gasteiger partial charge in [0.05, 0.1) is 11.5 Å². The van der Waals surface area contributed by atoms with Crippen LogP contribution >= 0.6 is 0 Å². The predicted molar refractivity (Wildman–Crippen MR) is 50.9 cm³/mol. The lowest BCUT2D eigenvalue weighted by molar-refractivity contribution is -0.386. The van der Waals surface area contributed by atoms with Crippen molar-refractivity contribution < 1.29 is 27.9 Å². The maximum Gasteiger partial charge on any atom is 0.420 e. The molecule has 5 nitrogen and oxygen atoms in total. The molecule has 0 aliphatic heterocycles. The minimum atomic E-state index is -4.86. The normalized spacial score (nSPS) is 11.3. The summed E-state index contributed by atoms with van der Waals surface area (Å²) in [6.45, 7) is 1.55. The molecule has 1 aromatic rings. The van der Waals surface area contributed by atoms with Gasteiger partial charge in [0.25, 0.3) is 0 Å². The molecule has 0 amide bonds. The van der Waals surface area contributed by atoms with E-state index < -0.39 is 33.8 Å². The summed E-state index contributed by atoms with van der Waals surface area (Å²) in [5.74, 6) is -1.51. The van der Waals surface area contributed by atoms with Crippen LogP contribution in [0.2, 0.25) is 0 Å². The molecular weight excluding hydrogens is 243 g/mol. The van der Waals surface area contributed by atoms with Gasteiger partial charge in [-0.15, -0.1) is 0 Å². The van der Waals surface area contributed by atoms with Gasteiger partial charge >= 0.3 is 11.9 Å². The monoisotopic (exact) mass is 251 g/mol. The predicted octanol–water partition coefficient (Wildman–Crippen LogP) is 2.72. The zero-order valence-corrected chi connectivity index (χ0v) is 8.61. The Kier molecular flexibility index (Phi) is 3.45. The maximum atomic E-state index is 12.4. The molecule has 1 N–H and O–H groups in total. The van der Waals surface area contributed by atoms with Crippen LogP contribution in [0.3, 0.4) is 0 Å². The van der Waals surface area contributed by atoms with E-state index in [2.05, 4.69) is 0 Å². The molecule has 8 heteroatoms. The third kappa shape index (κ3) is 2.77. The summed E-state index contributed by atoms with van der Waals surface area (Å²) in [7, 11) is 0. The molecule has 0 atom stereocenters. The molecule has 0 heterocycles. The number of ether oxygens (including phenoxy) is 1. The van der Waals surface area contributed by atoms with Crippen LogP contribution in [-0.4, -0.2) is 16.6 Å². The van der Waals surface area contributed by atoms with Crippen molar-refractivity contribution in [3.05, 3.63) is 27.8 Å². The summed E-state index contributed by atoms with van der Waals surface area (Å²) in [6, 6.07) is 0.838. The van der Waals surface area contributed by atoms with Crippen molar-refractivity contribution in [1.82, 2.24) is 0 Å². The van der Waals surface area contributed by atoms with Crippen LogP contribution in [-0.2, 0) is 6.18 Å². The molecule has 0 spiro atoms. The molecule has 0 aromatic heterocycles. The van der Waals surface area contributed by atoms with E-state index in [0.29, 0.717) is 6.07 Å². The zero-order valence-electron chi connectivity index (χ0n) is 8.61. The van der Waals surface area contributed by atoms with Gasteiger partial charge in [-0.05, 0) is 6.92 Å². The highest BCUT2D eigenvalue weighted by Crippen LogP contribution is 2.42. The number of aromatic hydroxyl groups is 1. The number of nitro benzene ring substituents is 1. The lowest BCUT2D eigenvalue weighted by Gasteiger charge is -2.11. The highest BCUT2D eigenvalue weighted by atomic mass is 19.4. The first kappa shape index (κ1) is 13.1. The Morgan fingerprint density at radius 1 is 1.47 bits per heavy atom. The number of rotatable bonds is 3. The third-order valence-electron chi connectivity index (χ3n) is 1.88. The lowest BCUT2D eigenvalue weighted by atomic mass is 10.1. The van der Waals surface area contributed by atoms with Gasteiger partial charge in [0, 0.05) is 12.1 Å². The summed E-state index contributed by atoms with van der Waals surface area (Å²) in [6.07, 6.45) is -4.86. The molecule has 0 aliphatic carbocycles. The maximum absolute atomic E-state index is 12.4. The summed E-state index contributed by atoms with van der Waals surface area (Å²) in [5, 5.41) is 19.7. The summed E-state index contributed by atoms with van der Waals surface area (Å²) >= 11 is 0. The van der Waals surface area contributed by atoms with Gasteiger partial charge in [-0.25, -0.2) is 0 Å². The molecule has 1 rings (SSSR count). The fourth-order valence-corrected chi connectivity index (χ4v) is 1.20. The van der Waals surface area contributed by atoms with Crippen molar-refractivity contribution in [2.45, 2.75) is 13.1 Å². The van der Waals surface area contributed by atoms with Crippen molar-refractivity contribution in [1.29, 1.82) is 0 Å². The number of alkyl halides is 3. The van der Waals surface area contributed by atoms with E-state index >= 15 is 0 Å². The Labute approximate surface area is 93.6 Å². The van der Waals surface area contributed by atoms with Gasteiger partial charge < -0.3 is 9.84 Å². The molecule has 1 aromatic carbocycles. The minimum absolute atomic E-state index is 0.0334. The van der Waals surface area contributed by atoms with Crippen LogP contribution in [0.5, 0.6) is 11.5 Å². The van der Waals surface area contributed by atoms with Gasteiger partial charge in [-0.2, -0.15) is 13.2 Å². The topological polar surface area (TPSA) is 72.6 Å². The third-order valence-corrected chi connectivity index (χ3v) is 1.88. The highest BCUT2D eigenvalue weighted by molar-refractivity contribution is 5.55.